The summed E-state index contributed by atoms with van der Waals surface area (Å²) in [6, 6.07) is 12.2. The maximum atomic E-state index is 6.21. The Labute approximate surface area is 174 Å². The van der Waals surface area contributed by atoms with Gasteiger partial charge in [-0.15, -0.1) is 0 Å². The van der Waals surface area contributed by atoms with Gasteiger partial charge in [0.25, 0.3) is 0 Å². The van der Waals surface area contributed by atoms with Crippen LogP contribution in [-0.2, 0) is 0 Å². The fourth-order valence-corrected chi connectivity index (χ4v) is 4.68. The highest BCUT2D eigenvalue weighted by molar-refractivity contribution is 6.31. The molecule has 0 amide bonds. The molecule has 2 atom stereocenters. The second-order valence-electron chi connectivity index (χ2n) is 7.46. The van der Waals surface area contributed by atoms with Gasteiger partial charge in [-0.1, -0.05) is 29.3 Å². The van der Waals surface area contributed by atoms with E-state index in [1.165, 1.54) is 11.3 Å². The van der Waals surface area contributed by atoms with Crippen LogP contribution in [0.25, 0.3) is 0 Å². The molecule has 0 aromatic heterocycles. The van der Waals surface area contributed by atoms with Crippen LogP contribution in [0.15, 0.2) is 46.4 Å². The Morgan fingerprint density at radius 1 is 0.964 bits per heavy atom. The zero-order valence-corrected chi connectivity index (χ0v) is 17.1. The van der Waals surface area contributed by atoms with Gasteiger partial charge in [0.2, 0.25) is 0 Å². The van der Waals surface area contributed by atoms with Crippen molar-refractivity contribution in [1.29, 1.82) is 0 Å². The SMILES string of the molecule is Cc1ccc(Cl)cc1N1CCN(C2=NC=N[C@H]3c4cc(Cl)ccc4N[C@H]23)CC1. The number of rotatable bonds is 1. The van der Waals surface area contributed by atoms with Gasteiger partial charge in [0, 0.05) is 53.2 Å². The summed E-state index contributed by atoms with van der Waals surface area (Å²) >= 11 is 12.4. The lowest BCUT2D eigenvalue weighted by Crippen LogP contribution is -2.53. The summed E-state index contributed by atoms with van der Waals surface area (Å²) in [5.74, 6) is 1.06. The van der Waals surface area contributed by atoms with Crippen LogP contribution < -0.4 is 10.2 Å². The van der Waals surface area contributed by atoms with Crippen molar-refractivity contribution < 1.29 is 0 Å². The number of aryl methyl sites for hydroxylation is 1. The average Bonchev–Trinajstić information content (AvgIpc) is 3.08. The van der Waals surface area contributed by atoms with E-state index in [9.17, 15) is 0 Å². The van der Waals surface area contributed by atoms with E-state index in [0.29, 0.717) is 0 Å². The molecule has 0 unspecified atom stereocenters. The molecule has 1 fully saturated rings. The molecular formula is C21H21Cl2N5. The zero-order valence-electron chi connectivity index (χ0n) is 15.6. The van der Waals surface area contributed by atoms with Crippen molar-refractivity contribution in [2.24, 2.45) is 9.98 Å². The average molecular weight is 414 g/mol. The maximum absolute atomic E-state index is 6.21. The quantitative estimate of drug-likeness (QED) is 0.753. The van der Waals surface area contributed by atoms with Gasteiger partial charge >= 0.3 is 0 Å². The van der Waals surface area contributed by atoms with Crippen LogP contribution in [0.2, 0.25) is 10.0 Å². The fraction of sp³-hybridized carbons (Fsp3) is 0.333. The summed E-state index contributed by atoms with van der Waals surface area (Å²) in [7, 11) is 0. The summed E-state index contributed by atoms with van der Waals surface area (Å²) in [6.45, 7) is 5.84. The maximum Gasteiger partial charge on any atom is 0.131 e. The number of fused-ring (bicyclic) bond motifs is 3. The van der Waals surface area contributed by atoms with E-state index in [1.54, 1.807) is 6.34 Å². The molecule has 0 saturated carbocycles. The third-order valence-electron chi connectivity index (χ3n) is 5.77. The number of aliphatic imine (C=N–C) groups is 2. The van der Waals surface area contributed by atoms with E-state index in [2.05, 4.69) is 44.2 Å². The molecule has 5 nitrogen and oxygen atoms in total. The number of nitrogens with zero attached hydrogens (tertiary/aromatic N) is 4. The van der Waals surface area contributed by atoms with Crippen molar-refractivity contribution in [3.8, 4) is 0 Å². The minimum Gasteiger partial charge on any atom is -0.373 e. The first kappa shape index (κ1) is 17.8. The first-order chi connectivity index (χ1) is 13.6. The van der Waals surface area contributed by atoms with Gasteiger partial charge in [0.1, 0.15) is 24.3 Å². The zero-order chi connectivity index (χ0) is 19.3. The van der Waals surface area contributed by atoms with E-state index >= 15 is 0 Å². The molecule has 5 rings (SSSR count). The Hall–Kier alpha value is -2.24. The third kappa shape index (κ3) is 3.03. The molecule has 144 valence electrons. The molecule has 1 N–H and O–H groups in total. The van der Waals surface area contributed by atoms with Crippen LogP contribution >= 0.6 is 23.2 Å². The second kappa shape index (κ2) is 6.98. The Morgan fingerprint density at radius 3 is 2.50 bits per heavy atom. The second-order valence-corrected chi connectivity index (χ2v) is 8.33. The van der Waals surface area contributed by atoms with Gasteiger partial charge in [0.15, 0.2) is 0 Å². The highest BCUT2D eigenvalue weighted by Gasteiger charge is 2.39. The van der Waals surface area contributed by atoms with Crippen LogP contribution in [-0.4, -0.2) is 49.3 Å². The van der Waals surface area contributed by atoms with Crippen LogP contribution in [0.4, 0.5) is 11.4 Å². The molecule has 3 heterocycles. The molecule has 3 aliphatic rings. The van der Waals surface area contributed by atoms with Gasteiger partial charge < -0.3 is 15.1 Å². The van der Waals surface area contributed by atoms with Crippen molar-refractivity contribution in [3.63, 3.8) is 0 Å². The Bertz CT molecular complexity index is 979. The Kier molecular flexibility index (Phi) is 4.44. The molecule has 0 radical (unpaired) electrons. The molecular weight excluding hydrogens is 393 g/mol. The van der Waals surface area contributed by atoms with Crippen LogP contribution in [0.3, 0.4) is 0 Å². The van der Waals surface area contributed by atoms with Crippen molar-refractivity contribution in [1.82, 2.24) is 4.90 Å². The van der Waals surface area contributed by atoms with Gasteiger partial charge in [-0.2, -0.15) is 0 Å². The lowest BCUT2D eigenvalue weighted by molar-refractivity contribution is 0.372. The molecule has 7 heteroatoms. The molecule has 0 bridgehead atoms. The van der Waals surface area contributed by atoms with Gasteiger partial charge in [-0.25, -0.2) is 4.99 Å². The predicted molar refractivity (Wildman–Crippen MR) is 118 cm³/mol. The lowest BCUT2D eigenvalue weighted by atomic mass is 10.0. The minimum absolute atomic E-state index is 0.0365. The summed E-state index contributed by atoms with van der Waals surface area (Å²) in [5.41, 5.74) is 4.72. The highest BCUT2D eigenvalue weighted by atomic mass is 35.5. The van der Waals surface area contributed by atoms with Crippen LogP contribution in [0.1, 0.15) is 17.2 Å². The molecule has 2 aromatic rings. The van der Waals surface area contributed by atoms with Crippen LogP contribution in [0.5, 0.6) is 0 Å². The number of hydrogen-bond acceptors (Lipinski definition) is 5. The topological polar surface area (TPSA) is 43.2 Å². The Balaban J connectivity index is 1.33. The van der Waals surface area contributed by atoms with Crippen molar-refractivity contribution >= 4 is 46.8 Å². The molecule has 3 aliphatic heterocycles. The minimum atomic E-state index is 0.0365. The number of hydrogen-bond donors (Lipinski definition) is 1. The molecule has 1 saturated heterocycles. The Morgan fingerprint density at radius 2 is 1.68 bits per heavy atom. The predicted octanol–water partition coefficient (Wildman–Crippen LogP) is 4.40. The number of nitrogens with one attached hydrogen (secondary N) is 1. The summed E-state index contributed by atoms with van der Waals surface area (Å²) in [5, 5.41) is 5.12. The summed E-state index contributed by atoms with van der Waals surface area (Å²) < 4.78 is 0. The monoisotopic (exact) mass is 413 g/mol. The number of anilines is 2. The van der Waals surface area contributed by atoms with Crippen molar-refractivity contribution in [3.05, 3.63) is 57.6 Å². The van der Waals surface area contributed by atoms with E-state index in [0.717, 1.165) is 53.3 Å². The summed E-state index contributed by atoms with van der Waals surface area (Å²) in [4.78, 5) is 14.0. The van der Waals surface area contributed by atoms with E-state index in [-0.39, 0.29) is 12.1 Å². The lowest BCUT2D eigenvalue weighted by Gasteiger charge is -2.40. The van der Waals surface area contributed by atoms with Gasteiger partial charge in [0.05, 0.1) is 0 Å². The number of halogens is 2. The first-order valence-corrected chi connectivity index (χ1v) is 10.3. The van der Waals surface area contributed by atoms with Crippen molar-refractivity contribution in [2.45, 2.75) is 19.0 Å². The standard InChI is InChI=1S/C21H21Cl2N5/c1-13-2-3-15(23)11-18(13)27-6-8-28(9-7-27)21-20-19(24-12-25-21)16-10-14(22)4-5-17(16)26-20/h2-5,10-12,19-20,26H,6-9H2,1H3/t19-,20-/m0/s1. The van der Waals surface area contributed by atoms with Crippen LogP contribution in [0, 0.1) is 6.92 Å². The third-order valence-corrected chi connectivity index (χ3v) is 6.24. The molecule has 2 aromatic carbocycles. The number of benzene rings is 2. The largest absolute Gasteiger partial charge is 0.373 e. The van der Waals surface area contributed by atoms with E-state index in [1.807, 2.05) is 24.3 Å². The summed E-state index contributed by atoms with van der Waals surface area (Å²) in [6.07, 6.45) is 1.70. The fourth-order valence-electron chi connectivity index (χ4n) is 4.33. The van der Waals surface area contributed by atoms with E-state index in [4.69, 9.17) is 23.2 Å². The molecule has 28 heavy (non-hydrogen) atoms. The smallest absolute Gasteiger partial charge is 0.131 e. The van der Waals surface area contributed by atoms with Gasteiger partial charge in [-0.05, 0) is 42.8 Å². The van der Waals surface area contributed by atoms with Gasteiger partial charge in [-0.3, -0.25) is 4.99 Å². The number of piperazine rings is 1. The first-order valence-electron chi connectivity index (χ1n) is 9.51. The van der Waals surface area contributed by atoms with E-state index < -0.39 is 0 Å². The number of amidine groups is 1. The highest BCUT2D eigenvalue weighted by Crippen LogP contribution is 2.40. The normalized spacial score (nSPS) is 23.2. The molecule has 0 aliphatic carbocycles. The van der Waals surface area contributed by atoms with Crippen molar-refractivity contribution in [2.75, 3.05) is 36.4 Å². The molecule has 0 spiro atoms.